The number of thioether (sulfide) groups is 1. The first-order valence-electron chi connectivity index (χ1n) is 7.04. The molecule has 21 heavy (non-hydrogen) atoms. The fourth-order valence-electron chi connectivity index (χ4n) is 1.80. The van der Waals surface area contributed by atoms with Gasteiger partial charge in [0, 0.05) is 17.6 Å². The number of aromatic nitrogens is 2. The van der Waals surface area contributed by atoms with Crippen molar-refractivity contribution in [3.05, 3.63) is 53.1 Å². The van der Waals surface area contributed by atoms with E-state index in [9.17, 15) is 0 Å². The Bertz CT molecular complexity index is 575. The Morgan fingerprint density at radius 1 is 1.24 bits per heavy atom. The number of nitrogens with one attached hydrogen (secondary N) is 1. The van der Waals surface area contributed by atoms with E-state index in [1.807, 2.05) is 36.5 Å². The summed E-state index contributed by atoms with van der Waals surface area (Å²) < 4.78 is 0. The second-order valence-corrected chi connectivity index (χ2v) is 6.63. The predicted octanol–water partition coefficient (Wildman–Crippen LogP) is 4.17. The maximum atomic E-state index is 6.15. The Balaban J connectivity index is 1.90. The smallest absolute Gasteiger partial charge is 0.138 e. The summed E-state index contributed by atoms with van der Waals surface area (Å²) in [6, 6.07) is 9.79. The van der Waals surface area contributed by atoms with E-state index < -0.39 is 0 Å². The van der Waals surface area contributed by atoms with Gasteiger partial charge in [0.25, 0.3) is 0 Å². The van der Waals surface area contributed by atoms with Gasteiger partial charge in [0.1, 0.15) is 5.82 Å². The number of benzene rings is 1. The van der Waals surface area contributed by atoms with Crippen LogP contribution in [0.1, 0.15) is 25.4 Å². The SMILES string of the molecule is CC(C)CNCc1ccnc(CSc2ccccc2Cl)n1. The zero-order valence-corrected chi connectivity index (χ0v) is 13.9. The minimum Gasteiger partial charge on any atom is -0.311 e. The van der Waals surface area contributed by atoms with Crippen LogP contribution in [0.3, 0.4) is 0 Å². The summed E-state index contributed by atoms with van der Waals surface area (Å²) in [5.74, 6) is 2.20. The summed E-state index contributed by atoms with van der Waals surface area (Å²) in [6.45, 7) is 6.16. The Morgan fingerprint density at radius 2 is 2.05 bits per heavy atom. The molecule has 112 valence electrons. The molecule has 2 aromatic rings. The zero-order chi connectivity index (χ0) is 15.1. The summed E-state index contributed by atoms with van der Waals surface area (Å²) in [6.07, 6.45) is 1.82. The number of halogens is 1. The molecule has 1 N–H and O–H groups in total. The second kappa shape index (κ2) is 8.37. The number of hydrogen-bond donors (Lipinski definition) is 1. The van der Waals surface area contributed by atoms with E-state index in [0.29, 0.717) is 5.92 Å². The minimum absolute atomic E-state index is 0.641. The molecule has 0 saturated heterocycles. The van der Waals surface area contributed by atoms with Crippen LogP contribution in [0.2, 0.25) is 5.02 Å². The zero-order valence-electron chi connectivity index (χ0n) is 12.3. The Labute approximate surface area is 135 Å². The van der Waals surface area contributed by atoms with E-state index in [4.69, 9.17) is 11.6 Å². The van der Waals surface area contributed by atoms with Crippen LogP contribution < -0.4 is 5.32 Å². The van der Waals surface area contributed by atoms with E-state index in [-0.39, 0.29) is 0 Å². The molecule has 0 bridgehead atoms. The normalized spacial score (nSPS) is 11.0. The van der Waals surface area contributed by atoms with E-state index in [1.165, 1.54) is 0 Å². The summed E-state index contributed by atoms with van der Waals surface area (Å²) in [4.78, 5) is 9.96. The highest BCUT2D eigenvalue weighted by Crippen LogP contribution is 2.28. The topological polar surface area (TPSA) is 37.8 Å². The van der Waals surface area contributed by atoms with Crippen LogP contribution in [0.15, 0.2) is 41.4 Å². The molecule has 0 aliphatic carbocycles. The lowest BCUT2D eigenvalue weighted by Gasteiger charge is -2.08. The van der Waals surface area contributed by atoms with Gasteiger partial charge in [-0.3, -0.25) is 0 Å². The summed E-state index contributed by atoms with van der Waals surface area (Å²) >= 11 is 7.81. The van der Waals surface area contributed by atoms with Gasteiger partial charge in [0.05, 0.1) is 16.5 Å². The van der Waals surface area contributed by atoms with Crippen molar-refractivity contribution in [2.75, 3.05) is 6.54 Å². The van der Waals surface area contributed by atoms with Crippen LogP contribution in [0.4, 0.5) is 0 Å². The lowest BCUT2D eigenvalue weighted by atomic mass is 10.2. The second-order valence-electron chi connectivity index (χ2n) is 5.21. The molecular formula is C16H20ClN3S. The van der Waals surface area contributed by atoms with Gasteiger partial charge in [-0.25, -0.2) is 9.97 Å². The van der Waals surface area contributed by atoms with Gasteiger partial charge in [-0.15, -0.1) is 11.8 Å². The molecular weight excluding hydrogens is 302 g/mol. The standard InChI is InChI=1S/C16H20ClN3S/c1-12(2)9-18-10-13-7-8-19-16(20-13)11-21-15-6-4-3-5-14(15)17/h3-8,12,18H,9-11H2,1-2H3. The van der Waals surface area contributed by atoms with E-state index >= 15 is 0 Å². The fourth-order valence-corrected chi connectivity index (χ4v) is 2.91. The van der Waals surface area contributed by atoms with Crippen molar-refractivity contribution in [2.24, 2.45) is 5.92 Å². The lowest BCUT2D eigenvalue weighted by Crippen LogP contribution is -2.19. The molecule has 0 saturated carbocycles. The Kier molecular flexibility index (Phi) is 6.49. The molecule has 0 unspecified atom stereocenters. The molecule has 0 aliphatic rings. The fraction of sp³-hybridized carbons (Fsp3) is 0.375. The van der Waals surface area contributed by atoms with Crippen molar-refractivity contribution in [2.45, 2.75) is 31.0 Å². The average molecular weight is 322 g/mol. The van der Waals surface area contributed by atoms with Gasteiger partial charge >= 0.3 is 0 Å². The molecule has 0 spiro atoms. The summed E-state index contributed by atoms with van der Waals surface area (Å²) in [5.41, 5.74) is 1.03. The van der Waals surface area contributed by atoms with Gasteiger partial charge in [-0.2, -0.15) is 0 Å². The third-order valence-corrected chi connectivity index (χ3v) is 4.33. The number of hydrogen-bond acceptors (Lipinski definition) is 4. The first-order chi connectivity index (χ1) is 10.1. The molecule has 1 aromatic carbocycles. The van der Waals surface area contributed by atoms with Crippen LogP contribution in [-0.2, 0) is 12.3 Å². The Hall–Kier alpha value is -1.10. The highest BCUT2D eigenvalue weighted by molar-refractivity contribution is 7.98. The minimum atomic E-state index is 0.641. The van der Waals surface area contributed by atoms with Crippen molar-refractivity contribution >= 4 is 23.4 Å². The molecule has 0 fully saturated rings. The van der Waals surface area contributed by atoms with Crippen molar-refractivity contribution in [1.29, 1.82) is 0 Å². The van der Waals surface area contributed by atoms with E-state index in [2.05, 4.69) is 29.1 Å². The first kappa shape index (κ1) is 16.3. The summed E-state index contributed by atoms with van der Waals surface area (Å²) in [5, 5.41) is 4.17. The van der Waals surface area contributed by atoms with Gasteiger partial charge in [-0.1, -0.05) is 37.6 Å². The molecule has 1 heterocycles. The molecule has 3 nitrogen and oxygen atoms in total. The Morgan fingerprint density at radius 3 is 2.81 bits per heavy atom. The van der Waals surface area contributed by atoms with Gasteiger partial charge < -0.3 is 5.32 Å². The largest absolute Gasteiger partial charge is 0.311 e. The van der Waals surface area contributed by atoms with Crippen LogP contribution in [0.25, 0.3) is 0 Å². The van der Waals surface area contributed by atoms with Crippen molar-refractivity contribution in [1.82, 2.24) is 15.3 Å². The van der Waals surface area contributed by atoms with Gasteiger partial charge in [0.2, 0.25) is 0 Å². The maximum absolute atomic E-state index is 6.15. The summed E-state index contributed by atoms with van der Waals surface area (Å²) in [7, 11) is 0. The lowest BCUT2D eigenvalue weighted by molar-refractivity contribution is 0.547. The highest BCUT2D eigenvalue weighted by atomic mass is 35.5. The quantitative estimate of drug-likeness (QED) is 0.777. The van der Waals surface area contributed by atoms with Crippen molar-refractivity contribution < 1.29 is 0 Å². The number of nitrogens with zero attached hydrogens (tertiary/aromatic N) is 2. The van der Waals surface area contributed by atoms with Crippen LogP contribution in [0, 0.1) is 5.92 Å². The average Bonchev–Trinajstić information content (AvgIpc) is 2.46. The van der Waals surface area contributed by atoms with Crippen LogP contribution in [0.5, 0.6) is 0 Å². The molecule has 0 radical (unpaired) electrons. The first-order valence-corrected chi connectivity index (χ1v) is 8.40. The van der Waals surface area contributed by atoms with Gasteiger partial charge in [-0.05, 0) is 30.7 Å². The molecule has 0 amide bonds. The van der Waals surface area contributed by atoms with Gasteiger partial charge in [0.15, 0.2) is 0 Å². The van der Waals surface area contributed by atoms with Crippen molar-refractivity contribution in [3.63, 3.8) is 0 Å². The molecule has 5 heteroatoms. The number of rotatable bonds is 7. The highest BCUT2D eigenvalue weighted by Gasteiger charge is 2.04. The van der Waals surface area contributed by atoms with Crippen LogP contribution in [-0.4, -0.2) is 16.5 Å². The third-order valence-electron chi connectivity index (χ3n) is 2.82. The molecule has 2 rings (SSSR count). The van der Waals surface area contributed by atoms with Crippen molar-refractivity contribution in [3.8, 4) is 0 Å². The third kappa shape index (κ3) is 5.65. The molecule has 0 atom stereocenters. The predicted molar refractivity (Wildman–Crippen MR) is 89.6 cm³/mol. The monoisotopic (exact) mass is 321 g/mol. The molecule has 1 aromatic heterocycles. The van der Waals surface area contributed by atoms with E-state index in [0.717, 1.165) is 40.3 Å². The van der Waals surface area contributed by atoms with E-state index in [1.54, 1.807) is 11.8 Å². The van der Waals surface area contributed by atoms with Crippen LogP contribution >= 0.6 is 23.4 Å². The maximum Gasteiger partial charge on any atom is 0.138 e. The molecule has 0 aliphatic heterocycles.